The largest absolute Gasteiger partial charge is 0.321 e. The van der Waals surface area contributed by atoms with E-state index >= 15 is 0 Å². The molecule has 0 aliphatic heterocycles. The second-order valence-electron chi connectivity index (χ2n) is 4.29. The average Bonchev–Trinajstić information content (AvgIpc) is 2.95. The van der Waals surface area contributed by atoms with Crippen molar-refractivity contribution in [3.63, 3.8) is 0 Å². The number of tetrazole rings is 1. The van der Waals surface area contributed by atoms with Crippen LogP contribution in [-0.4, -0.2) is 26.5 Å². The Morgan fingerprint density at radius 2 is 1.91 bits per heavy atom. The molecule has 0 spiro atoms. The molecule has 22 heavy (non-hydrogen) atoms. The molecule has 0 saturated carbocycles. The van der Waals surface area contributed by atoms with Gasteiger partial charge in [-0.2, -0.15) is 5.10 Å². The standard InChI is InChI=1S/C14H10Cl2N6/c15-11-7-6-10(13(16)8-11)9-17-22-14(19-20-21-22)18-12-4-2-1-3-5-12/h1-9H,(H,18,19,21). The predicted octanol–water partition coefficient (Wildman–Crippen LogP) is 3.61. The Hall–Kier alpha value is -2.44. The lowest BCUT2D eigenvalue weighted by molar-refractivity contribution is 0.699. The van der Waals surface area contributed by atoms with Crippen LogP contribution in [0, 0.1) is 0 Å². The zero-order valence-corrected chi connectivity index (χ0v) is 12.7. The predicted molar refractivity (Wildman–Crippen MR) is 87.0 cm³/mol. The number of rotatable bonds is 4. The van der Waals surface area contributed by atoms with Crippen molar-refractivity contribution >= 4 is 41.1 Å². The van der Waals surface area contributed by atoms with Gasteiger partial charge in [-0.05, 0) is 34.7 Å². The smallest absolute Gasteiger partial charge is 0.269 e. The molecule has 0 aliphatic rings. The Balaban J connectivity index is 1.81. The summed E-state index contributed by atoms with van der Waals surface area (Å²) in [6, 6.07) is 14.7. The molecule has 6 nitrogen and oxygen atoms in total. The van der Waals surface area contributed by atoms with Crippen LogP contribution < -0.4 is 5.32 Å². The number of benzene rings is 2. The van der Waals surface area contributed by atoms with Crippen LogP contribution in [0.5, 0.6) is 0 Å². The molecule has 0 amide bonds. The molecule has 1 N–H and O–H groups in total. The van der Waals surface area contributed by atoms with Gasteiger partial charge < -0.3 is 5.32 Å². The van der Waals surface area contributed by atoms with Gasteiger partial charge in [-0.15, -0.1) is 0 Å². The van der Waals surface area contributed by atoms with Gasteiger partial charge in [0.05, 0.1) is 11.2 Å². The van der Waals surface area contributed by atoms with E-state index in [9.17, 15) is 0 Å². The fraction of sp³-hybridized carbons (Fsp3) is 0. The van der Waals surface area contributed by atoms with Crippen molar-refractivity contribution in [1.29, 1.82) is 0 Å². The summed E-state index contributed by atoms with van der Waals surface area (Å²) in [4.78, 5) is 1.28. The summed E-state index contributed by atoms with van der Waals surface area (Å²) >= 11 is 11.9. The van der Waals surface area contributed by atoms with Gasteiger partial charge in [-0.25, -0.2) is 0 Å². The van der Waals surface area contributed by atoms with Crippen molar-refractivity contribution in [3.8, 4) is 0 Å². The Bertz CT molecular complexity index is 800. The minimum Gasteiger partial charge on any atom is -0.321 e. The van der Waals surface area contributed by atoms with Crippen LogP contribution in [0.15, 0.2) is 53.6 Å². The lowest BCUT2D eigenvalue weighted by Crippen LogP contribution is -2.01. The molecule has 1 aromatic heterocycles. The number of nitrogens with zero attached hydrogens (tertiary/aromatic N) is 5. The highest BCUT2D eigenvalue weighted by atomic mass is 35.5. The van der Waals surface area contributed by atoms with Crippen LogP contribution in [0.3, 0.4) is 0 Å². The quantitative estimate of drug-likeness (QED) is 0.741. The van der Waals surface area contributed by atoms with E-state index in [0.29, 0.717) is 21.6 Å². The molecular weight excluding hydrogens is 323 g/mol. The van der Waals surface area contributed by atoms with Crippen LogP contribution in [0.25, 0.3) is 0 Å². The van der Waals surface area contributed by atoms with E-state index < -0.39 is 0 Å². The fourth-order valence-electron chi connectivity index (χ4n) is 1.71. The summed E-state index contributed by atoms with van der Waals surface area (Å²) in [7, 11) is 0. The van der Waals surface area contributed by atoms with Gasteiger partial charge in [0.2, 0.25) is 0 Å². The first-order chi connectivity index (χ1) is 10.7. The van der Waals surface area contributed by atoms with Crippen molar-refractivity contribution in [2.24, 2.45) is 5.10 Å². The summed E-state index contributed by atoms with van der Waals surface area (Å²) in [5, 5.41) is 19.6. The Labute approximate surface area is 136 Å². The van der Waals surface area contributed by atoms with Gasteiger partial charge in [-0.1, -0.05) is 57.4 Å². The second-order valence-corrected chi connectivity index (χ2v) is 5.14. The molecule has 8 heteroatoms. The van der Waals surface area contributed by atoms with E-state index in [-0.39, 0.29) is 0 Å². The van der Waals surface area contributed by atoms with Crippen molar-refractivity contribution in [1.82, 2.24) is 20.3 Å². The number of hydrogen-bond donors (Lipinski definition) is 1. The number of para-hydroxylation sites is 1. The third kappa shape index (κ3) is 3.41. The topological polar surface area (TPSA) is 68.0 Å². The number of anilines is 2. The zero-order chi connectivity index (χ0) is 15.4. The summed E-state index contributed by atoms with van der Waals surface area (Å²) in [5.74, 6) is 0.396. The lowest BCUT2D eigenvalue weighted by atomic mass is 10.2. The first-order valence-electron chi connectivity index (χ1n) is 6.32. The average molecular weight is 333 g/mol. The third-order valence-electron chi connectivity index (χ3n) is 2.75. The highest BCUT2D eigenvalue weighted by Crippen LogP contribution is 2.19. The van der Waals surface area contributed by atoms with E-state index in [4.69, 9.17) is 23.2 Å². The summed E-state index contributed by atoms with van der Waals surface area (Å²) < 4.78 is 0. The zero-order valence-electron chi connectivity index (χ0n) is 11.2. The third-order valence-corrected chi connectivity index (χ3v) is 3.31. The van der Waals surface area contributed by atoms with Crippen LogP contribution >= 0.6 is 23.2 Å². The minimum atomic E-state index is 0.396. The Kier molecular flexibility index (Phi) is 4.32. The van der Waals surface area contributed by atoms with E-state index in [0.717, 1.165) is 5.69 Å². The van der Waals surface area contributed by atoms with Crippen molar-refractivity contribution in [3.05, 3.63) is 64.1 Å². The number of hydrogen-bond acceptors (Lipinski definition) is 5. The van der Waals surface area contributed by atoms with Gasteiger partial charge in [0.15, 0.2) is 0 Å². The second kappa shape index (κ2) is 6.55. The van der Waals surface area contributed by atoms with Gasteiger partial charge in [0.25, 0.3) is 5.95 Å². The van der Waals surface area contributed by atoms with Crippen molar-refractivity contribution in [2.75, 3.05) is 5.32 Å². The molecule has 0 bridgehead atoms. The van der Waals surface area contributed by atoms with Crippen LogP contribution in [0.2, 0.25) is 10.0 Å². The van der Waals surface area contributed by atoms with Crippen molar-refractivity contribution < 1.29 is 0 Å². The summed E-state index contributed by atoms with van der Waals surface area (Å²) in [6.07, 6.45) is 1.56. The van der Waals surface area contributed by atoms with E-state index in [1.807, 2.05) is 30.3 Å². The fourth-order valence-corrected chi connectivity index (χ4v) is 2.17. The van der Waals surface area contributed by atoms with Crippen LogP contribution in [-0.2, 0) is 0 Å². The summed E-state index contributed by atoms with van der Waals surface area (Å²) in [5.41, 5.74) is 1.57. The number of aromatic nitrogens is 4. The molecule has 110 valence electrons. The molecule has 1 heterocycles. The molecule has 0 aliphatic carbocycles. The Morgan fingerprint density at radius 3 is 2.68 bits per heavy atom. The molecular formula is C14H10Cl2N6. The normalized spacial score (nSPS) is 11.0. The van der Waals surface area contributed by atoms with E-state index in [1.54, 1.807) is 24.4 Å². The van der Waals surface area contributed by atoms with E-state index in [2.05, 4.69) is 25.9 Å². The maximum Gasteiger partial charge on any atom is 0.269 e. The van der Waals surface area contributed by atoms with Gasteiger partial charge in [0, 0.05) is 16.3 Å². The summed E-state index contributed by atoms with van der Waals surface area (Å²) in [6.45, 7) is 0. The maximum absolute atomic E-state index is 6.09. The first kappa shape index (κ1) is 14.5. The van der Waals surface area contributed by atoms with Crippen LogP contribution in [0.1, 0.15) is 5.56 Å². The van der Waals surface area contributed by atoms with Crippen LogP contribution in [0.4, 0.5) is 11.6 Å². The monoisotopic (exact) mass is 332 g/mol. The van der Waals surface area contributed by atoms with Gasteiger partial charge in [0.1, 0.15) is 0 Å². The molecule has 3 rings (SSSR count). The molecule has 0 radical (unpaired) electrons. The number of halogens is 2. The van der Waals surface area contributed by atoms with Crippen molar-refractivity contribution in [2.45, 2.75) is 0 Å². The van der Waals surface area contributed by atoms with Gasteiger partial charge in [-0.3, -0.25) is 0 Å². The van der Waals surface area contributed by atoms with Gasteiger partial charge >= 0.3 is 0 Å². The van der Waals surface area contributed by atoms with E-state index in [1.165, 1.54) is 4.79 Å². The minimum absolute atomic E-state index is 0.396. The molecule has 0 atom stereocenters. The molecule has 2 aromatic carbocycles. The maximum atomic E-state index is 6.09. The highest BCUT2D eigenvalue weighted by molar-refractivity contribution is 6.36. The molecule has 0 fully saturated rings. The highest BCUT2D eigenvalue weighted by Gasteiger charge is 2.05. The first-order valence-corrected chi connectivity index (χ1v) is 7.08. The SMILES string of the molecule is Clc1ccc(C=Nn2nnnc2Nc2ccccc2)c(Cl)c1. The molecule has 3 aromatic rings. The molecule has 0 unspecified atom stereocenters. The lowest BCUT2D eigenvalue weighted by Gasteiger charge is -2.03. The Morgan fingerprint density at radius 1 is 1.09 bits per heavy atom. The number of nitrogens with one attached hydrogen (secondary N) is 1. The molecule has 0 saturated heterocycles.